The highest BCUT2D eigenvalue weighted by Gasteiger charge is 2.41. The Balaban J connectivity index is 1.74. The van der Waals surface area contributed by atoms with Crippen LogP contribution in [0.3, 0.4) is 0 Å². The van der Waals surface area contributed by atoms with Crippen LogP contribution in [0.5, 0.6) is 0 Å². The zero-order valence-electron chi connectivity index (χ0n) is 16.7. The van der Waals surface area contributed by atoms with E-state index in [4.69, 9.17) is 4.74 Å². The zero-order valence-corrected chi connectivity index (χ0v) is 16.7. The van der Waals surface area contributed by atoms with Gasteiger partial charge in [-0.05, 0) is 38.5 Å². The summed E-state index contributed by atoms with van der Waals surface area (Å²) in [5.41, 5.74) is 4.40. The van der Waals surface area contributed by atoms with E-state index >= 15 is 0 Å². The summed E-state index contributed by atoms with van der Waals surface area (Å²) in [6.45, 7) is 8.81. The number of nitrogens with one attached hydrogen (secondary N) is 2. The van der Waals surface area contributed by atoms with Crippen LogP contribution in [0.1, 0.15) is 32.8 Å². The summed E-state index contributed by atoms with van der Waals surface area (Å²) in [5.74, 6) is 0.0619. The minimum absolute atomic E-state index is 0.0000916. The second-order valence-electron chi connectivity index (χ2n) is 7.95. The lowest BCUT2D eigenvalue weighted by atomic mass is 10.0. The molecule has 150 valence electrons. The second kappa shape index (κ2) is 7.47. The molecule has 1 aromatic carbocycles. The first-order valence-electron chi connectivity index (χ1n) is 10.0. The van der Waals surface area contributed by atoms with Crippen molar-refractivity contribution in [1.82, 2.24) is 10.2 Å². The number of likely N-dealkylation sites (tertiary alicyclic amines) is 1. The number of hydrogen-bond acceptors (Lipinski definition) is 5. The highest BCUT2D eigenvalue weighted by atomic mass is 16.5. The Bertz CT molecular complexity index is 825. The van der Waals surface area contributed by atoms with Crippen molar-refractivity contribution < 1.29 is 14.3 Å². The maximum atomic E-state index is 13.5. The Morgan fingerprint density at radius 1 is 1.36 bits per heavy atom. The van der Waals surface area contributed by atoms with Crippen molar-refractivity contribution in [1.29, 1.82) is 0 Å². The molecule has 1 unspecified atom stereocenters. The van der Waals surface area contributed by atoms with E-state index < -0.39 is 0 Å². The van der Waals surface area contributed by atoms with Crippen LogP contribution >= 0.6 is 0 Å². The number of nitrogens with zero attached hydrogens (tertiary/aromatic N) is 2. The summed E-state index contributed by atoms with van der Waals surface area (Å²) >= 11 is 0. The number of carbonyl (C=O) groups is 2. The van der Waals surface area contributed by atoms with Gasteiger partial charge in [0.1, 0.15) is 0 Å². The molecule has 0 radical (unpaired) electrons. The number of morpholine rings is 1. The average molecular weight is 384 g/mol. The SMILES string of the molecule is CC(=O)N1CCC(N2C(=O)/C(=C3/COCCN3)c3cc(NC(C)C)ccc32)C1. The first-order valence-corrected chi connectivity index (χ1v) is 10.0. The van der Waals surface area contributed by atoms with Crippen molar-refractivity contribution in [2.75, 3.05) is 43.1 Å². The van der Waals surface area contributed by atoms with E-state index in [0.29, 0.717) is 44.5 Å². The predicted molar refractivity (Wildman–Crippen MR) is 109 cm³/mol. The number of rotatable bonds is 3. The molecule has 28 heavy (non-hydrogen) atoms. The summed E-state index contributed by atoms with van der Waals surface area (Å²) < 4.78 is 5.60. The van der Waals surface area contributed by atoms with Crippen LogP contribution in [-0.2, 0) is 14.3 Å². The van der Waals surface area contributed by atoms with Gasteiger partial charge in [-0.1, -0.05) is 0 Å². The van der Waals surface area contributed by atoms with Gasteiger partial charge in [0.2, 0.25) is 5.91 Å². The van der Waals surface area contributed by atoms with E-state index in [1.165, 1.54) is 0 Å². The van der Waals surface area contributed by atoms with Gasteiger partial charge in [0, 0.05) is 43.9 Å². The third kappa shape index (κ3) is 3.35. The molecule has 7 heteroatoms. The molecule has 1 atom stereocenters. The lowest BCUT2D eigenvalue weighted by Gasteiger charge is -2.25. The summed E-state index contributed by atoms with van der Waals surface area (Å²) in [4.78, 5) is 29.0. The van der Waals surface area contributed by atoms with Gasteiger partial charge in [-0.25, -0.2) is 0 Å². The Morgan fingerprint density at radius 2 is 2.18 bits per heavy atom. The number of ether oxygens (including phenoxy) is 1. The van der Waals surface area contributed by atoms with Crippen LogP contribution in [0.15, 0.2) is 23.9 Å². The van der Waals surface area contributed by atoms with Crippen molar-refractivity contribution in [2.45, 2.75) is 39.3 Å². The zero-order chi connectivity index (χ0) is 19.8. The van der Waals surface area contributed by atoms with E-state index in [9.17, 15) is 9.59 Å². The molecule has 2 amide bonds. The molecule has 0 bridgehead atoms. The van der Waals surface area contributed by atoms with Crippen LogP contribution in [0.2, 0.25) is 0 Å². The minimum Gasteiger partial charge on any atom is -0.383 e. The lowest BCUT2D eigenvalue weighted by molar-refractivity contribution is -0.128. The van der Waals surface area contributed by atoms with Crippen LogP contribution < -0.4 is 15.5 Å². The maximum Gasteiger partial charge on any atom is 0.261 e. The number of anilines is 2. The first-order chi connectivity index (χ1) is 13.5. The molecule has 2 fully saturated rings. The first kappa shape index (κ1) is 18.8. The van der Waals surface area contributed by atoms with Crippen molar-refractivity contribution >= 4 is 28.8 Å². The molecule has 0 saturated carbocycles. The van der Waals surface area contributed by atoms with Gasteiger partial charge in [-0.3, -0.25) is 9.59 Å². The number of amides is 2. The van der Waals surface area contributed by atoms with Gasteiger partial charge in [0.05, 0.1) is 36.2 Å². The molecule has 0 spiro atoms. The smallest absolute Gasteiger partial charge is 0.261 e. The molecular formula is C21H28N4O3. The normalized spacial score (nSPS) is 24.6. The third-order valence-corrected chi connectivity index (χ3v) is 5.52. The summed E-state index contributed by atoms with van der Waals surface area (Å²) in [7, 11) is 0. The topological polar surface area (TPSA) is 73.9 Å². The molecule has 7 nitrogen and oxygen atoms in total. The number of fused-ring (bicyclic) bond motifs is 1. The number of benzene rings is 1. The molecular weight excluding hydrogens is 356 g/mol. The number of carbonyl (C=O) groups excluding carboxylic acids is 2. The van der Waals surface area contributed by atoms with Gasteiger partial charge in [0.25, 0.3) is 5.91 Å². The highest BCUT2D eigenvalue weighted by molar-refractivity contribution is 6.33. The molecule has 2 N–H and O–H groups in total. The summed E-state index contributed by atoms with van der Waals surface area (Å²) in [6, 6.07) is 6.41. The fourth-order valence-corrected chi connectivity index (χ4v) is 4.27. The Morgan fingerprint density at radius 3 is 2.82 bits per heavy atom. The van der Waals surface area contributed by atoms with Gasteiger partial charge in [-0.2, -0.15) is 0 Å². The van der Waals surface area contributed by atoms with E-state index in [1.54, 1.807) is 6.92 Å². The van der Waals surface area contributed by atoms with Crippen molar-refractivity contribution in [3.05, 3.63) is 29.5 Å². The number of hydrogen-bond donors (Lipinski definition) is 2. The van der Waals surface area contributed by atoms with Crippen molar-refractivity contribution in [2.24, 2.45) is 0 Å². The summed E-state index contributed by atoms with van der Waals surface area (Å²) in [5, 5.41) is 6.78. The van der Waals surface area contributed by atoms with Gasteiger partial charge in [0.15, 0.2) is 0 Å². The highest BCUT2D eigenvalue weighted by Crippen LogP contribution is 2.42. The molecule has 4 rings (SSSR count). The van der Waals surface area contributed by atoms with E-state index in [2.05, 4.69) is 30.5 Å². The van der Waals surface area contributed by atoms with Crippen molar-refractivity contribution in [3.63, 3.8) is 0 Å². The van der Waals surface area contributed by atoms with Crippen LogP contribution in [0.4, 0.5) is 11.4 Å². The fourth-order valence-electron chi connectivity index (χ4n) is 4.27. The second-order valence-corrected chi connectivity index (χ2v) is 7.95. The van der Waals surface area contributed by atoms with Crippen LogP contribution in [0, 0.1) is 0 Å². The van der Waals surface area contributed by atoms with Crippen molar-refractivity contribution in [3.8, 4) is 0 Å². The largest absolute Gasteiger partial charge is 0.383 e. The van der Waals surface area contributed by atoms with Gasteiger partial charge >= 0.3 is 0 Å². The standard InChI is InChI=1S/C21H28N4O3/c1-13(2)23-15-4-5-19-17(10-15)20(18-12-28-9-7-22-18)21(27)25(19)16-6-8-24(11-16)14(3)26/h4-5,10,13,16,22-23H,6-9,11-12H2,1-3H3/b20-18-. The van der Waals surface area contributed by atoms with E-state index in [-0.39, 0.29) is 17.9 Å². The minimum atomic E-state index is 0.0000916. The van der Waals surface area contributed by atoms with E-state index in [1.807, 2.05) is 21.9 Å². The molecule has 1 aromatic rings. The lowest BCUT2D eigenvalue weighted by Crippen LogP contribution is -2.41. The van der Waals surface area contributed by atoms with Gasteiger partial charge < -0.3 is 25.2 Å². The molecule has 2 saturated heterocycles. The van der Waals surface area contributed by atoms with E-state index in [0.717, 1.165) is 29.1 Å². The molecule has 3 aliphatic heterocycles. The third-order valence-electron chi connectivity index (χ3n) is 5.52. The molecule has 0 aliphatic carbocycles. The van der Waals surface area contributed by atoms with Gasteiger partial charge in [-0.15, -0.1) is 0 Å². The molecule has 3 aliphatic rings. The van der Waals surface area contributed by atoms with Crippen LogP contribution in [-0.4, -0.2) is 61.6 Å². The monoisotopic (exact) mass is 384 g/mol. The fraction of sp³-hybridized carbons (Fsp3) is 0.524. The average Bonchev–Trinajstić information content (AvgIpc) is 3.24. The molecule has 0 aromatic heterocycles. The molecule has 3 heterocycles. The van der Waals surface area contributed by atoms with Crippen LogP contribution in [0.25, 0.3) is 5.57 Å². The Hall–Kier alpha value is -2.54. The Labute approximate surface area is 165 Å². The maximum absolute atomic E-state index is 13.5. The summed E-state index contributed by atoms with van der Waals surface area (Å²) in [6.07, 6.45) is 0.795. The Kier molecular flexibility index (Phi) is 5.02. The predicted octanol–water partition coefficient (Wildman–Crippen LogP) is 1.81. The quantitative estimate of drug-likeness (QED) is 0.778.